The van der Waals surface area contributed by atoms with E-state index in [-0.39, 0.29) is 6.42 Å². The van der Waals surface area contributed by atoms with Gasteiger partial charge in [-0.05, 0) is 17.2 Å². The van der Waals surface area contributed by atoms with Gasteiger partial charge in [0, 0.05) is 11.4 Å². The number of aliphatic hydroxyl groups excluding tert-OH is 1. The summed E-state index contributed by atoms with van der Waals surface area (Å²) in [4.78, 5) is 23.7. The van der Waals surface area contributed by atoms with Crippen LogP contribution in [0.3, 0.4) is 0 Å². The number of rotatable bonds is 6. The van der Waals surface area contributed by atoms with Crippen LogP contribution < -0.4 is 11.1 Å². The van der Waals surface area contributed by atoms with Crippen molar-refractivity contribution in [1.29, 1.82) is 0 Å². The van der Waals surface area contributed by atoms with E-state index in [0.717, 1.165) is 0 Å². The molecule has 2 atom stereocenters. The third kappa shape index (κ3) is 4.55. The predicted molar refractivity (Wildman–Crippen MR) is 87.7 cm³/mol. The lowest BCUT2D eigenvalue weighted by molar-refractivity contribution is -0.133. The molecular formula is C17H17ClN2O3. The first-order chi connectivity index (χ1) is 11.0. The van der Waals surface area contributed by atoms with Crippen molar-refractivity contribution >= 4 is 23.4 Å². The highest BCUT2D eigenvalue weighted by atomic mass is 35.5. The van der Waals surface area contributed by atoms with Gasteiger partial charge in [-0.3, -0.25) is 9.59 Å². The van der Waals surface area contributed by atoms with Crippen LogP contribution in [0.25, 0.3) is 0 Å². The summed E-state index contributed by atoms with van der Waals surface area (Å²) in [7, 11) is 0. The lowest BCUT2D eigenvalue weighted by Crippen LogP contribution is -2.47. The van der Waals surface area contributed by atoms with Gasteiger partial charge in [0.1, 0.15) is 6.04 Å². The number of halogens is 1. The molecule has 0 saturated carbocycles. The first kappa shape index (κ1) is 17.0. The first-order valence-electron chi connectivity index (χ1n) is 7.05. The predicted octanol–water partition coefficient (Wildman–Crippen LogP) is 1.59. The summed E-state index contributed by atoms with van der Waals surface area (Å²) in [6.07, 6.45) is -1.22. The molecule has 0 heterocycles. The van der Waals surface area contributed by atoms with Crippen LogP contribution in [0.1, 0.15) is 17.2 Å². The van der Waals surface area contributed by atoms with Crippen molar-refractivity contribution in [1.82, 2.24) is 5.32 Å². The highest BCUT2D eigenvalue weighted by Gasteiger charge is 2.24. The summed E-state index contributed by atoms with van der Waals surface area (Å²) in [6, 6.07) is 14.5. The molecule has 2 aromatic carbocycles. The molecule has 2 rings (SSSR count). The van der Waals surface area contributed by atoms with Gasteiger partial charge in [0.2, 0.25) is 5.91 Å². The van der Waals surface area contributed by atoms with Gasteiger partial charge in [0.15, 0.2) is 6.10 Å². The second-order valence-corrected chi connectivity index (χ2v) is 5.48. The fourth-order valence-electron chi connectivity index (χ4n) is 2.14. The van der Waals surface area contributed by atoms with Crippen LogP contribution in [0.2, 0.25) is 5.02 Å². The largest absolute Gasteiger partial charge is 0.378 e. The van der Waals surface area contributed by atoms with E-state index in [1.54, 1.807) is 54.6 Å². The molecule has 4 N–H and O–H groups in total. The Morgan fingerprint density at radius 3 is 2.30 bits per heavy atom. The smallest absolute Gasteiger partial charge is 0.254 e. The summed E-state index contributed by atoms with van der Waals surface area (Å²) in [5, 5.41) is 13.0. The Kier molecular flexibility index (Phi) is 5.73. The molecule has 2 amide bonds. The maximum atomic E-state index is 12.1. The number of primary amides is 1. The second-order valence-electron chi connectivity index (χ2n) is 5.07. The average Bonchev–Trinajstić information content (AvgIpc) is 2.56. The lowest BCUT2D eigenvalue weighted by Gasteiger charge is -2.19. The van der Waals surface area contributed by atoms with Crippen molar-refractivity contribution in [3.63, 3.8) is 0 Å². The Hall–Kier alpha value is -2.37. The molecule has 6 heteroatoms. The van der Waals surface area contributed by atoms with E-state index in [2.05, 4.69) is 5.32 Å². The number of benzene rings is 2. The third-order valence-corrected chi connectivity index (χ3v) is 3.77. The highest BCUT2D eigenvalue weighted by molar-refractivity contribution is 6.31. The Morgan fingerprint density at radius 2 is 1.70 bits per heavy atom. The minimum Gasteiger partial charge on any atom is -0.378 e. The van der Waals surface area contributed by atoms with Crippen molar-refractivity contribution < 1.29 is 14.7 Å². The van der Waals surface area contributed by atoms with E-state index in [1.165, 1.54) is 0 Å². The molecule has 0 saturated heterocycles. The SMILES string of the molecule is NC(=O)[C@@H](Cc1ccccc1Cl)NC(=O)[C@@H](O)c1ccccc1. The maximum absolute atomic E-state index is 12.1. The standard InChI is InChI=1S/C17H17ClN2O3/c18-13-9-5-4-8-12(13)10-14(16(19)22)20-17(23)15(21)11-6-2-1-3-7-11/h1-9,14-15,21H,10H2,(H2,19,22)(H,20,23)/t14-,15+/m1/s1. The van der Waals surface area contributed by atoms with Gasteiger partial charge in [0.25, 0.3) is 5.91 Å². The topological polar surface area (TPSA) is 92.4 Å². The summed E-state index contributed by atoms with van der Waals surface area (Å²) < 4.78 is 0. The van der Waals surface area contributed by atoms with Gasteiger partial charge in [-0.1, -0.05) is 60.1 Å². The fourth-order valence-corrected chi connectivity index (χ4v) is 2.36. The zero-order chi connectivity index (χ0) is 16.8. The second kappa shape index (κ2) is 7.76. The van der Waals surface area contributed by atoms with Crippen LogP contribution in [-0.2, 0) is 16.0 Å². The normalized spacial score (nSPS) is 13.1. The molecule has 2 aromatic rings. The number of aliphatic hydroxyl groups is 1. The van der Waals surface area contributed by atoms with Gasteiger partial charge in [0.05, 0.1) is 0 Å². The van der Waals surface area contributed by atoms with Crippen molar-refractivity contribution in [3.05, 3.63) is 70.7 Å². The van der Waals surface area contributed by atoms with Crippen LogP contribution >= 0.6 is 11.6 Å². The Labute approximate surface area is 139 Å². The zero-order valence-electron chi connectivity index (χ0n) is 12.3. The number of amides is 2. The fraction of sp³-hybridized carbons (Fsp3) is 0.176. The van der Waals surface area contributed by atoms with Gasteiger partial charge in [-0.15, -0.1) is 0 Å². The molecule has 0 aliphatic rings. The van der Waals surface area contributed by atoms with Gasteiger partial charge in [-0.2, -0.15) is 0 Å². The molecule has 0 radical (unpaired) electrons. The molecule has 0 aromatic heterocycles. The molecule has 0 spiro atoms. The van der Waals surface area contributed by atoms with Gasteiger partial charge < -0.3 is 16.2 Å². The minimum absolute atomic E-state index is 0.155. The molecule has 23 heavy (non-hydrogen) atoms. The number of hydrogen-bond acceptors (Lipinski definition) is 3. The quantitative estimate of drug-likeness (QED) is 0.750. The Morgan fingerprint density at radius 1 is 1.09 bits per heavy atom. The van der Waals surface area contributed by atoms with Crippen LogP contribution in [0.4, 0.5) is 0 Å². The van der Waals surface area contributed by atoms with Crippen molar-refractivity contribution in [2.45, 2.75) is 18.6 Å². The van der Waals surface area contributed by atoms with Crippen molar-refractivity contribution in [2.24, 2.45) is 5.73 Å². The van der Waals surface area contributed by atoms with Crippen LogP contribution in [0.5, 0.6) is 0 Å². The Balaban J connectivity index is 2.09. The molecule has 0 fully saturated rings. The first-order valence-corrected chi connectivity index (χ1v) is 7.43. The summed E-state index contributed by atoms with van der Waals surface area (Å²) in [6.45, 7) is 0. The minimum atomic E-state index is -1.37. The molecular weight excluding hydrogens is 316 g/mol. The number of carbonyl (C=O) groups excluding carboxylic acids is 2. The number of hydrogen-bond donors (Lipinski definition) is 3. The zero-order valence-corrected chi connectivity index (χ0v) is 13.0. The summed E-state index contributed by atoms with van der Waals surface area (Å²) in [5.74, 6) is -1.38. The number of nitrogens with two attached hydrogens (primary N) is 1. The van der Waals surface area contributed by atoms with Crippen LogP contribution in [-0.4, -0.2) is 23.0 Å². The van der Waals surface area contributed by atoms with E-state index >= 15 is 0 Å². The number of nitrogens with one attached hydrogen (secondary N) is 1. The Bertz CT molecular complexity index is 691. The van der Waals surface area contributed by atoms with Gasteiger partial charge >= 0.3 is 0 Å². The molecule has 0 bridgehead atoms. The summed E-state index contributed by atoms with van der Waals surface area (Å²) in [5.41, 5.74) is 6.47. The number of carbonyl (C=O) groups is 2. The average molecular weight is 333 g/mol. The van der Waals surface area contributed by atoms with E-state index in [4.69, 9.17) is 17.3 Å². The molecule has 0 aliphatic carbocycles. The monoisotopic (exact) mass is 332 g/mol. The maximum Gasteiger partial charge on any atom is 0.254 e. The van der Waals surface area contributed by atoms with E-state index in [0.29, 0.717) is 16.1 Å². The van der Waals surface area contributed by atoms with E-state index < -0.39 is 24.0 Å². The summed E-state index contributed by atoms with van der Waals surface area (Å²) >= 11 is 6.05. The molecule has 5 nitrogen and oxygen atoms in total. The van der Waals surface area contributed by atoms with Crippen LogP contribution in [0, 0.1) is 0 Å². The molecule has 0 unspecified atom stereocenters. The third-order valence-electron chi connectivity index (χ3n) is 3.41. The van der Waals surface area contributed by atoms with Gasteiger partial charge in [-0.25, -0.2) is 0 Å². The highest BCUT2D eigenvalue weighted by Crippen LogP contribution is 2.17. The van der Waals surface area contributed by atoms with E-state index in [1.807, 2.05) is 0 Å². The molecule has 120 valence electrons. The van der Waals surface area contributed by atoms with Crippen LogP contribution in [0.15, 0.2) is 54.6 Å². The lowest BCUT2D eigenvalue weighted by atomic mass is 10.0. The van der Waals surface area contributed by atoms with Crippen molar-refractivity contribution in [2.75, 3.05) is 0 Å². The van der Waals surface area contributed by atoms with E-state index in [9.17, 15) is 14.7 Å². The van der Waals surface area contributed by atoms with Crippen molar-refractivity contribution in [3.8, 4) is 0 Å². The molecule has 0 aliphatic heterocycles.